The van der Waals surface area contributed by atoms with Crippen molar-refractivity contribution in [1.29, 1.82) is 0 Å². The molecule has 0 aromatic carbocycles. The van der Waals surface area contributed by atoms with E-state index in [1.54, 1.807) is 5.57 Å². The van der Waals surface area contributed by atoms with Crippen molar-refractivity contribution in [2.75, 3.05) is 0 Å². The maximum atomic E-state index is 11.8. The monoisotopic (exact) mass is 328 g/mol. The number of rotatable bonds is 1. The lowest BCUT2D eigenvalue weighted by Gasteiger charge is -2.54. The van der Waals surface area contributed by atoms with Crippen molar-refractivity contribution < 1.29 is 14.3 Å². The van der Waals surface area contributed by atoms with Crippen molar-refractivity contribution in [2.45, 2.75) is 65.4 Å². The third kappa shape index (κ3) is 2.31. The molecule has 3 nitrogen and oxygen atoms in total. The van der Waals surface area contributed by atoms with Gasteiger partial charge in [-0.15, -0.1) is 0 Å². The van der Waals surface area contributed by atoms with E-state index in [0.717, 1.165) is 38.5 Å². The second kappa shape index (κ2) is 5.57. The molecule has 2 saturated carbocycles. The van der Waals surface area contributed by atoms with Crippen molar-refractivity contribution in [2.24, 2.45) is 29.1 Å². The van der Waals surface area contributed by atoms with E-state index >= 15 is 0 Å². The van der Waals surface area contributed by atoms with Crippen molar-refractivity contribution in [3.05, 3.63) is 23.3 Å². The molecule has 24 heavy (non-hydrogen) atoms. The predicted molar refractivity (Wildman–Crippen MR) is 92.2 cm³/mol. The highest BCUT2D eigenvalue weighted by atomic mass is 16.5. The first-order valence-corrected chi connectivity index (χ1v) is 9.51. The molecule has 4 rings (SSSR count). The lowest BCUT2D eigenvalue weighted by molar-refractivity contribution is -0.152. The molecule has 0 spiro atoms. The van der Waals surface area contributed by atoms with Crippen LogP contribution in [0, 0.1) is 29.1 Å². The molecule has 0 aromatic rings. The summed E-state index contributed by atoms with van der Waals surface area (Å²) in [5.41, 5.74) is 2.98. The van der Waals surface area contributed by atoms with E-state index in [9.17, 15) is 9.59 Å². The minimum Gasteiger partial charge on any atom is -0.461 e. The Hall–Kier alpha value is -1.38. The van der Waals surface area contributed by atoms with Gasteiger partial charge in [0.1, 0.15) is 6.10 Å². The second-order valence-electron chi connectivity index (χ2n) is 8.65. The number of esters is 1. The zero-order valence-corrected chi connectivity index (χ0v) is 15.0. The molecule has 4 aliphatic rings. The van der Waals surface area contributed by atoms with Crippen LogP contribution in [0.3, 0.4) is 0 Å². The van der Waals surface area contributed by atoms with Crippen LogP contribution in [0.2, 0.25) is 0 Å². The Morgan fingerprint density at radius 2 is 2.00 bits per heavy atom. The Balaban J connectivity index is 1.65. The van der Waals surface area contributed by atoms with Crippen molar-refractivity contribution in [3.8, 4) is 0 Å². The molecule has 0 aromatic heterocycles. The minimum absolute atomic E-state index is 0.0119. The molecule has 3 heteroatoms. The van der Waals surface area contributed by atoms with Gasteiger partial charge in [-0.2, -0.15) is 0 Å². The molecule has 4 aliphatic carbocycles. The van der Waals surface area contributed by atoms with Crippen LogP contribution in [0.25, 0.3) is 0 Å². The quantitative estimate of drug-likeness (QED) is 0.534. The Labute approximate surface area is 144 Å². The van der Waals surface area contributed by atoms with E-state index in [1.165, 1.54) is 12.5 Å². The van der Waals surface area contributed by atoms with Gasteiger partial charge in [0.15, 0.2) is 5.78 Å². The Bertz CT molecular complexity index is 643. The molecule has 6 atom stereocenters. The lowest BCUT2D eigenvalue weighted by atomic mass is 9.51. The van der Waals surface area contributed by atoms with Crippen LogP contribution in [-0.2, 0) is 14.3 Å². The van der Waals surface area contributed by atoms with Crippen LogP contribution in [0.5, 0.6) is 0 Å². The highest BCUT2D eigenvalue weighted by Gasteiger charge is 2.55. The predicted octanol–water partition coefficient (Wildman–Crippen LogP) is 4.23. The molecule has 0 amide bonds. The topological polar surface area (TPSA) is 43.4 Å². The first-order valence-electron chi connectivity index (χ1n) is 9.51. The van der Waals surface area contributed by atoms with E-state index in [4.69, 9.17) is 4.74 Å². The van der Waals surface area contributed by atoms with Gasteiger partial charge in [-0.1, -0.05) is 31.1 Å². The third-order valence-corrected chi connectivity index (χ3v) is 7.23. The van der Waals surface area contributed by atoms with Crippen LogP contribution >= 0.6 is 0 Å². The summed E-state index contributed by atoms with van der Waals surface area (Å²) in [5, 5.41) is 0. The molecule has 130 valence electrons. The summed E-state index contributed by atoms with van der Waals surface area (Å²) in [6.07, 6.45) is 10.3. The van der Waals surface area contributed by atoms with Gasteiger partial charge in [0, 0.05) is 25.2 Å². The number of carbonyl (C=O) groups excluding carboxylic acids is 2. The molecular formula is C21H28O3. The summed E-state index contributed by atoms with van der Waals surface area (Å²) in [6.45, 7) is 6.21. The maximum Gasteiger partial charge on any atom is 0.302 e. The number of fused-ring (bicyclic) bond motifs is 5. The summed E-state index contributed by atoms with van der Waals surface area (Å²) in [5.74, 6) is 2.63. The molecular weight excluding hydrogens is 300 g/mol. The average Bonchev–Trinajstić information content (AvgIpc) is 2.82. The van der Waals surface area contributed by atoms with Gasteiger partial charge in [0.25, 0.3) is 0 Å². The molecule has 0 radical (unpaired) electrons. The fourth-order valence-electron chi connectivity index (χ4n) is 6.44. The lowest BCUT2D eigenvalue weighted by Crippen LogP contribution is -2.48. The minimum atomic E-state index is -0.162. The SMILES string of the molecule is CC(=O)O[C@H]1CC=C2C3CCC4=CC(=O)CCC4C3[C@@H](C)C[C@@]21C. The van der Waals surface area contributed by atoms with E-state index in [-0.39, 0.29) is 17.5 Å². The standard InChI is InChI=1S/C21H28O3/c1-12-11-21(3)18(8-9-19(21)24-13(2)22)17-6-4-14-10-15(23)5-7-16(14)20(12)17/h8,10,12,16-17,19-20H,4-7,9,11H2,1-3H3/t12-,16?,17?,19-,20?,21-/m0/s1. The summed E-state index contributed by atoms with van der Waals surface area (Å²) in [7, 11) is 0. The van der Waals surface area contributed by atoms with Gasteiger partial charge in [-0.05, 0) is 55.4 Å². The first kappa shape index (κ1) is 16.1. The number of hydrogen-bond acceptors (Lipinski definition) is 3. The van der Waals surface area contributed by atoms with E-state index in [2.05, 4.69) is 19.9 Å². The van der Waals surface area contributed by atoms with Crippen LogP contribution in [-0.4, -0.2) is 17.9 Å². The van der Waals surface area contributed by atoms with Crippen LogP contribution in [0.1, 0.15) is 59.3 Å². The highest BCUT2D eigenvalue weighted by Crippen LogP contribution is 2.61. The van der Waals surface area contributed by atoms with Crippen molar-refractivity contribution in [3.63, 3.8) is 0 Å². The smallest absolute Gasteiger partial charge is 0.302 e. The first-order chi connectivity index (χ1) is 11.4. The molecule has 0 N–H and O–H groups in total. The van der Waals surface area contributed by atoms with Gasteiger partial charge in [0.05, 0.1) is 0 Å². The Morgan fingerprint density at radius 1 is 1.25 bits per heavy atom. The molecule has 0 saturated heterocycles. The van der Waals surface area contributed by atoms with E-state index < -0.39 is 0 Å². The molecule has 0 heterocycles. The number of ether oxygens (including phenoxy) is 1. The Morgan fingerprint density at radius 3 is 2.75 bits per heavy atom. The summed E-state index contributed by atoms with van der Waals surface area (Å²) < 4.78 is 5.69. The number of hydrogen-bond donors (Lipinski definition) is 0. The number of allylic oxidation sites excluding steroid dienone is 2. The van der Waals surface area contributed by atoms with Gasteiger partial charge in [0.2, 0.25) is 0 Å². The van der Waals surface area contributed by atoms with Gasteiger partial charge in [-0.25, -0.2) is 0 Å². The average molecular weight is 328 g/mol. The molecule has 2 fully saturated rings. The molecule has 3 unspecified atom stereocenters. The number of ketones is 1. The third-order valence-electron chi connectivity index (χ3n) is 7.23. The summed E-state index contributed by atoms with van der Waals surface area (Å²) in [6, 6.07) is 0. The van der Waals surface area contributed by atoms with Gasteiger partial charge < -0.3 is 4.74 Å². The van der Waals surface area contributed by atoms with Crippen LogP contribution in [0.4, 0.5) is 0 Å². The largest absolute Gasteiger partial charge is 0.461 e. The zero-order valence-electron chi connectivity index (χ0n) is 15.0. The number of carbonyl (C=O) groups is 2. The maximum absolute atomic E-state index is 11.8. The van der Waals surface area contributed by atoms with Crippen LogP contribution < -0.4 is 0 Å². The van der Waals surface area contributed by atoms with Gasteiger partial charge >= 0.3 is 5.97 Å². The fourth-order valence-corrected chi connectivity index (χ4v) is 6.44. The molecule has 0 aliphatic heterocycles. The van der Waals surface area contributed by atoms with E-state index in [1.807, 2.05) is 6.08 Å². The summed E-state index contributed by atoms with van der Waals surface area (Å²) in [4.78, 5) is 23.3. The van der Waals surface area contributed by atoms with Gasteiger partial charge in [-0.3, -0.25) is 9.59 Å². The second-order valence-corrected chi connectivity index (χ2v) is 8.65. The summed E-state index contributed by atoms with van der Waals surface area (Å²) >= 11 is 0. The zero-order chi connectivity index (χ0) is 17.1. The van der Waals surface area contributed by atoms with E-state index in [0.29, 0.717) is 29.5 Å². The van der Waals surface area contributed by atoms with Crippen molar-refractivity contribution in [1.82, 2.24) is 0 Å². The highest BCUT2D eigenvalue weighted by molar-refractivity contribution is 5.91. The Kier molecular flexibility index (Phi) is 3.74. The normalized spacial score (nSPS) is 44.0. The van der Waals surface area contributed by atoms with Crippen molar-refractivity contribution >= 4 is 11.8 Å². The fraction of sp³-hybridized carbons (Fsp3) is 0.714. The van der Waals surface area contributed by atoms with Crippen LogP contribution in [0.15, 0.2) is 23.3 Å². The molecule has 0 bridgehead atoms.